The van der Waals surface area contributed by atoms with Crippen LogP contribution < -0.4 is 4.90 Å². The molecule has 2 aromatic rings. The predicted molar refractivity (Wildman–Crippen MR) is 82.0 cm³/mol. The molecule has 0 atom stereocenters. The molecule has 0 radical (unpaired) electrons. The first-order chi connectivity index (χ1) is 11.1. The Morgan fingerprint density at radius 3 is 2.78 bits per heavy atom. The second-order valence-corrected chi connectivity index (χ2v) is 6.03. The zero-order valence-corrected chi connectivity index (χ0v) is 12.9. The van der Waals surface area contributed by atoms with Crippen LogP contribution in [0.4, 0.5) is 5.69 Å². The van der Waals surface area contributed by atoms with Crippen molar-refractivity contribution in [3.8, 4) is 0 Å². The molecule has 0 N–H and O–H groups in total. The molecule has 8 heteroatoms. The smallest absolute Gasteiger partial charge is 0.272 e. The number of nitrogens with zero attached hydrogens (tertiary/aromatic N) is 6. The van der Waals surface area contributed by atoms with Gasteiger partial charge in [-0.2, -0.15) is 10.2 Å². The Kier molecular flexibility index (Phi) is 3.17. The SMILES string of the molecule is Cn1nccc1C(=O)N1CC(n2cc(N3CCCC3=O)cn2)C1. The number of carbonyl (C=O) groups is 2. The summed E-state index contributed by atoms with van der Waals surface area (Å²) in [6.07, 6.45) is 6.77. The molecule has 2 aromatic heterocycles. The predicted octanol–water partition coefficient (Wildman–Crippen LogP) is 0.440. The fourth-order valence-corrected chi connectivity index (χ4v) is 3.12. The molecule has 2 aliphatic rings. The lowest BCUT2D eigenvalue weighted by Gasteiger charge is -2.39. The molecule has 0 unspecified atom stereocenters. The highest BCUT2D eigenvalue weighted by Crippen LogP contribution is 2.26. The summed E-state index contributed by atoms with van der Waals surface area (Å²) in [5.41, 5.74) is 1.44. The van der Waals surface area contributed by atoms with Crippen LogP contribution in [0.25, 0.3) is 0 Å². The average molecular weight is 314 g/mol. The minimum Gasteiger partial charge on any atom is -0.333 e. The minimum absolute atomic E-state index is 0.0108. The number of hydrogen-bond donors (Lipinski definition) is 0. The molecule has 0 spiro atoms. The van der Waals surface area contributed by atoms with Gasteiger partial charge in [-0.15, -0.1) is 0 Å². The van der Waals surface area contributed by atoms with Gasteiger partial charge in [-0.25, -0.2) is 0 Å². The third-order valence-corrected chi connectivity index (χ3v) is 4.54. The summed E-state index contributed by atoms with van der Waals surface area (Å²) in [6.45, 7) is 2.01. The van der Waals surface area contributed by atoms with Crippen LogP contribution in [0.15, 0.2) is 24.7 Å². The molecular formula is C15H18N6O2. The van der Waals surface area contributed by atoms with Crippen molar-refractivity contribution in [3.05, 3.63) is 30.4 Å². The van der Waals surface area contributed by atoms with Gasteiger partial charge in [-0.3, -0.25) is 19.0 Å². The van der Waals surface area contributed by atoms with Crippen LogP contribution >= 0.6 is 0 Å². The number of carbonyl (C=O) groups excluding carboxylic acids is 2. The zero-order chi connectivity index (χ0) is 16.0. The van der Waals surface area contributed by atoms with Gasteiger partial charge in [-0.05, 0) is 12.5 Å². The number of hydrogen-bond acceptors (Lipinski definition) is 4. The largest absolute Gasteiger partial charge is 0.333 e. The van der Waals surface area contributed by atoms with Gasteiger partial charge >= 0.3 is 0 Å². The monoisotopic (exact) mass is 314 g/mol. The molecule has 8 nitrogen and oxygen atoms in total. The second-order valence-electron chi connectivity index (χ2n) is 6.03. The first-order valence-electron chi connectivity index (χ1n) is 7.75. The molecular weight excluding hydrogens is 296 g/mol. The Labute approximate surface area is 133 Å². The molecule has 120 valence electrons. The number of amides is 2. The summed E-state index contributed by atoms with van der Waals surface area (Å²) in [4.78, 5) is 27.7. The number of aryl methyl sites for hydroxylation is 1. The van der Waals surface area contributed by atoms with Crippen molar-refractivity contribution in [3.63, 3.8) is 0 Å². The number of anilines is 1. The van der Waals surface area contributed by atoms with Crippen molar-refractivity contribution in [2.24, 2.45) is 7.05 Å². The number of rotatable bonds is 3. The van der Waals surface area contributed by atoms with Gasteiger partial charge in [0.15, 0.2) is 0 Å². The van der Waals surface area contributed by atoms with Gasteiger partial charge in [-0.1, -0.05) is 0 Å². The summed E-state index contributed by atoms with van der Waals surface area (Å²) in [7, 11) is 1.76. The van der Waals surface area contributed by atoms with E-state index in [2.05, 4.69) is 10.2 Å². The van der Waals surface area contributed by atoms with Crippen LogP contribution in [0, 0.1) is 0 Å². The van der Waals surface area contributed by atoms with E-state index in [1.807, 2.05) is 10.9 Å². The summed E-state index contributed by atoms with van der Waals surface area (Å²) in [5, 5.41) is 8.38. The summed E-state index contributed by atoms with van der Waals surface area (Å²) in [6, 6.07) is 1.89. The number of aromatic nitrogens is 4. The van der Waals surface area contributed by atoms with E-state index in [1.165, 1.54) is 0 Å². The summed E-state index contributed by atoms with van der Waals surface area (Å²) in [5.74, 6) is 0.148. The highest BCUT2D eigenvalue weighted by molar-refractivity contribution is 5.95. The first-order valence-corrected chi connectivity index (χ1v) is 7.75. The quantitative estimate of drug-likeness (QED) is 0.824. The van der Waals surface area contributed by atoms with Crippen LogP contribution in [0.1, 0.15) is 29.4 Å². The van der Waals surface area contributed by atoms with Gasteiger partial charge in [0, 0.05) is 45.5 Å². The fourth-order valence-electron chi connectivity index (χ4n) is 3.12. The maximum atomic E-state index is 12.3. The van der Waals surface area contributed by atoms with E-state index >= 15 is 0 Å². The van der Waals surface area contributed by atoms with Gasteiger partial charge in [0.2, 0.25) is 5.91 Å². The Morgan fingerprint density at radius 2 is 2.13 bits per heavy atom. The van der Waals surface area contributed by atoms with Crippen LogP contribution in [-0.2, 0) is 11.8 Å². The lowest BCUT2D eigenvalue weighted by atomic mass is 10.1. The molecule has 0 aromatic carbocycles. The minimum atomic E-state index is -0.0108. The Morgan fingerprint density at radius 1 is 1.30 bits per heavy atom. The second kappa shape index (κ2) is 5.22. The molecule has 23 heavy (non-hydrogen) atoms. The third-order valence-electron chi connectivity index (χ3n) is 4.54. The van der Waals surface area contributed by atoms with Crippen molar-refractivity contribution in [1.29, 1.82) is 0 Å². The van der Waals surface area contributed by atoms with Gasteiger partial charge in [0.25, 0.3) is 5.91 Å². The molecule has 2 aliphatic heterocycles. The molecule has 4 heterocycles. The van der Waals surface area contributed by atoms with Crippen LogP contribution in [-0.4, -0.2) is 55.9 Å². The van der Waals surface area contributed by atoms with E-state index in [4.69, 9.17) is 0 Å². The van der Waals surface area contributed by atoms with Crippen molar-refractivity contribution >= 4 is 17.5 Å². The van der Waals surface area contributed by atoms with Crippen LogP contribution in [0.2, 0.25) is 0 Å². The molecule has 4 rings (SSSR count). The van der Waals surface area contributed by atoms with Gasteiger partial charge < -0.3 is 9.80 Å². The van der Waals surface area contributed by atoms with E-state index in [1.54, 1.807) is 40.0 Å². The maximum Gasteiger partial charge on any atom is 0.272 e. The molecule has 2 saturated heterocycles. The standard InChI is InChI=1S/C15H18N6O2/c1-18-13(4-5-16-18)15(23)19-8-12(9-19)21-10-11(7-17-21)20-6-2-3-14(20)22/h4-5,7,10,12H,2-3,6,8-9H2,1H3. The first kappa shape index (κ1) is 14.0. The average Bonchev–Trinajstić information content (AvgIpc) is 3.18. The number of likely N-dealkylation sites (tertiary alicyclic amines) is 1. The highest BCUT2D eigenvalue weighted by Gasteiger charge is 2.34. The van der Waals surface area contributed by atoms with Crippen molar-refractivity contribution in [1.82, 2.24) is 24.5 Å². The molecule has 2 amide bonds. The lowest BCUT2D eigenvalue weighted by Crippen LogP contribution is -2.51. The highest BCUT2D eigenvalue weighted by atomic mass is 16.2. The molecule has 0 aliphatic carbocycles. The van der Waals surface area contributed by atoms with Gasteiger partial charge in [0.1, 0.15) is 5.69 Å². The lowest BCUT2D eigenvalue weighted by molar-refractivity contribution is -0.117. The van der Waals surface area contributed by atoms with Gasteiger partial charge in [0.05, 0.1) is 17.9 Å². The Balaban J connectivity index is 1.41. The Hall–Kier alpha value is -2.64. The van der Waals surface area contributed by atoms with E-state index in [-0.39, 0.29) is 17.9 Å². The van der Waals surface area contributed by atoms with Crippen molar-refractivity contribution < 1.29 is 9.59 Å². The maximum absolute atomic E-state index is 12.3. The van der Waals surface area contributed by atoms with Crippen LogP contribution in [0.3, 0.4) is 0 Å². The Bertz CT molecular complexity index is 758. The van der Waals surface area contributed by atoms with Crippen molar-refractivity contribution in [2.75, 3.05) is 24.5 Å². The zero-order valence-electron chi connectivity index (χ0n) is 12.9. The molecule has 0 bridgehead atoms. The molecule has 0 saturated carbocycles. The van der Waals surface area contributed by atoms with E-state index in [0.717, 1.165) is 18.7 Å². The van der Waals surface area contributed by atoms with Crippen molar-refractivity contribution in [2.45, 2.75) is 18.9 Å². The molecule has 2 fully saturated rings. The van der Waals surface area contributed by atoms with E-state index in [0.29, 0.717) is 25.2 Å². The fraction of sp³-hybridized carbons (Fsp3) is 0.467. The third kappa shape index (κ3) is 2.30. The topological polar surface area (TPSA) is 76.3 Å². The summed E-state index contributed by atoms with van der Waals surface area (Å²) >= 11 is 0. The van der Waals surface area contributed by atoms with E-state index < -0.39 is 0 Å². The van der Waals surface area contributed by atoms with Crippen LogP contribution in [0.5, 0.6) is 0 Å². The summed E-state index contributed by atoms with van der Waals surface area (Å²) < 4.78 is 3.44. The van der Waals surface area contributed by atoms with E-state index in [9.17, 15) is 9.59 Å². The normalized spacial score (nSPS) is 18.6.